The maximum absolute atomic E-state index is 13.2. The van der Waals surface area contributed by atoms with Crippen molar-refractivity contribution in [2.45, 2.75) is 45.6 Å². The Kier molecular flexibility index (Phi) is 6.18. The van der Waals surface area contributed by atoms with Crippen molar-refractivity contribution in [3.8, 4) is 5.82 Å². The first-order valence-corrected chi connectivity index (χ1v) is 11.0. The number of likely N-dealkylation sites (tertiary alicyclic amines) is 1. The van der Waals surface area contributed by atoms with Crippen LogP contribution in [0.25, 0.3) is 5.82 Å². The number of aromatic nitrogens is 3. The van der Waals surface area contributed by atoms with Gasteiger partial charge in [-0.25, -0.2) is 4.98 Å². The Morgan fingerprint density at radius 2 is 1.90 bits per heavy atom. The number of hydrogen-bond donors (Lipinski definition) is 1. The van der Waals surface area contributed by atoms with Crippen LogP contribution in [0.2, 0.25) is 0 Å². The van der Waals surface area contributed by atoms with Gasteiger partial charge in [0.05, 0.1) is 11.6 Å². The van der Waals surface area contributed by atoms with Crippen LogP contribution >= 0.6 is 0 Å². The summed E-state index contributed by atoms with van der Waals surface area (Å²) in [5, 5.41) is 7.90. The number of piperidine rings is 1. The summed E-state index contributed by atoms with van der Waals surface area (Å²) < 4.78 is 1.74. The van der Waals surface area contributed by atoms with E-state index in [9.17, 15) is 4.79 Å². The predicted octanol–water partition coefficient (Wildman–Crippen LogP) is 4.42. The molecule has 1 amide bonds. The summed E-state index contributed by atoms with van der Waals surface area (Å²) in [6.45, 7) is 9.03. The lowest BCUT2D eigenvalue weighted by molar-refractivity contribution is -0.121. The molecule has 0 radical (unpaired) electrons. The highest BCUT2D eigenvalue weighted by atomic mass is 16.2. The fraction of sp³-hybridized carbons (Fsp3) is 0.400. The summed E-state index contributed by atoms with van der Waals surface area (Å²) >= 11 is 0. The van der Waals surface area contributed by atoms with Crippen molar-refractivity contribution in [1.82, 2.24) is 19.7 Å². The lowest BCUT2D eigenvalue weighted by Crippen LogP contribution is -2.40. The summed E-state index contributed by atoms with van der Waals surface area (Å²) in [5.74, 6) is 1.38. The Morgan fingerprint density at radius 1 is 1.13 bits per heavy atom. The molecule has 31 heavy (non-hydrogen) atoms. The molecule has 3 heterocycles. The van der Waals surface area contributed by atoms with Crippen LogP contribution in [0.5, 0.6) is 0 Å². The van der Waals surface area contributed by atoms with E-state index in [1.54, 1.807) is 10.9 Å². The maximum Gasteiger partial charge on any atom is 0.229 e. The van der Waals surface area contributed by atoms with Crippen LogP contribution in [0, 0.1) is 5.92 Å². The van der Waals surface area contributed by atoms with E-state index >= 15 is 0 Å². The number of carbonyl (C=O) groups excluding carboxylic acids is 1. The predicted molar refractivity (Wildman–Crippen MR) is 123 cm³/mol. The summed E-state index contributed by atoms with van der Waals surface area (Å²) in [6.07, 6.45) is 3.67. The van der Waals surface area contributed by atoms with Gasteiger partial charge in [0.15, 0.2) is 5.82 Å². The first-order chi connectivity index (χ1) is 14.9. The van der Waals surface area contributed by atoms with Gasteiger partial charge in [-0.2, -0.15) is 9.78 Å². The third-order valence-corrected chi connectivity index (χ3v) is 5.72. The Balaban J connectivity index is 1.50. The number of anilines is 1. The largest absolute Gasteiger partial charge is 0.310 e. The molecule has 1 aliphatic heterocycles. The molecule has 6 heteroatoms. The van der Waals surface area contributed by atoms with E-state index in [1.165, 1.54) is 5.56 Å². The van der Waals surface area contributed by atoms with Gasteiger partial charge in [-0.1, -0.05) is 57.2 Å². The minimum Gasteiger partial charge on any atom is -0.310 e. The zero-order valence-corrected chi connectivity index (χ0v) is 18.6. The fourth-order valence-corrected chi connectivity index (χ4v) is 3.97. The molecule has 162 valence electrons. The number of nitrogens with one attached hydrogen (secondary N) is 1. The quantitative estimate of drug-likeness (QED) is 0.668. The van der Waals surface area contributed by atoms with Crippen LogP contribution < -0.4 is 5.32 Å². The summed E-state index contributed by atoms with van der Waals surface area (Å²) in [4.78, 5) is 20.0. The van der Waals surface area contributed by atoms with Gasteiger partial charge in [0.25, 0.3) is 0 Å². The second kappa shape index (κ2) is 9.02. The number of hydrogen-bond acceptors (Lipinski definition) is 4. The van der Waals surface area contributed by atoms with Crippen molar-refractivity contribution >= 4 is 11.7 Å². The molecule has 1 N–H and O–H groups in total. The molecule has 1 saturated heterocycles. The molecule has 4 rings (SSSR count). The molecular formula is C25H31N5O. The molecule has 2 aromatic heterocycles. The Bertz CT molecular complexity index is 1010. The molecule has 6 nitrogen and oxygen atoms in total. The number of pyridine rings is 1. The van der Waals surface area contributed by atoms with Crippen molar-refractivity contribution in [2.75, 3.05) is 18.4 Å². The molecule has 1 atom stereocenters. The Morgan fingerprint density at radius 3 is 2.61 bits per heavy atom. The van der Waals surface area contributed by atoms with Gasteiger partial charge in [-0.3, -0.25) is 9.69 Å². The van der Waals surface area contributed by atoms with Crippen LogP contribution in [0.1, 0.15) is 44.9 Å². The lowest BCUT2D eigenvalue weighted by atomic mass is 9.92. The minimum atomic E-state index is -0.128. The van der Waals surface area contributed by atoms with Gasteiger partial charge in [-0.05, 0) is 37.1 Å². The third kappa shape index (κ3) is 5.20. The SMILES string of the molecule is CC(C)(C)c1cc(NC(=O)C2CCCN(Cc3ccccc3)C2)n(-c2ccccn2)n1. The normalized spacial score (nSPS) is 17.5. The Hall–Kier alpha value is -2.99. The van der Waals surface area contributed by atoms with E-state index in [1.807, 2.05) is 30.3 Å². The van der Waals surface area contributed by atoms with E-state index in [0.717, 1.165) is 38.2 Å². The van der Waals surface area contributed by atoms with Gasteiger partial charge in [-0.15, -0.1) is 0 Å². The van der Waals surface area contributed by atoms with Gasteiger partial charge < -0.3 is 5.32 Å². The molecule has 0 bridgehead atoms. The second-order valence-corrected chi connectivity index (χ2v) is 9.31. The zero-order valence-electron chi connectivity index (χ0n) is 18.6. The van der Waals surface area contributed by atoms with Crippen LogP contribution in [0.15, 0.2) is 60.8 Å². The summed E-state index contributed by atoms with van der Waals surface area (Å²) in [7, 11) is 0. The molecule has 1 aliphatic rings. The van der Waals surface area contributed by atoms with E-state index in [-0.39, 0.29) is 17.2 Å². The highest BCUT2D eigenvalue weighted by Gasteiger charge is 2.28. The number of nitrogens with zero attached hydrogens (tertiary/aromatic N) is 4. The van der Waals surface area contributed by atoms with Gasteiger partial charge in [0.2, 0.25) is 5.91 Å². The van der Waals surface area contributed by atoms with Gasteiger partial charge in [0, 0.05) is 30.8 Å². The molecule has 1 unspecified atom stereocenters. The minimum absolute atomic E-state index is 0.0392. The topological polar surface area (TPSA) is 63.1 Å². The summed E-state index contributed by atoms with van der Waals surface area (Å²) in [5.41, 5.74) is 2.08. The monoisotopic (exact) mass is 417 g/mol. The summed E-state index contributed by atoms with van der Waals surface area (Å²) in [6, 6.07) is 18.1. The Labute approximate surface area is 184 Å². The number of rotatable bonds is 5. The van der Waals surface area contributed by atoms with Crippen LogP contribution in [-0.4, -0.2) is 38.7 Å². The van der Waals surface area contributed by atoms with Gasteiger partial charge >= 0.3 is 0 Å². The average Bonchev–Trinajstić information content (AvgIpc) is 3.20. The van der Waals surface area contributed by atoms with Crippen LogP contribution in [-0.2, 0) is 16.8 Å². The first kappa shape index (κ1) is 21.2. The van der Waals surface area contributed by atoms with Gasteiger partial charge in [0.1, 0.15) is 5.82 Å². The van der Waals surface area contributed by atoms with E-state index in [4.69, 9.17) is 5.10 Å². The molecule has 0 aliphatic carbocycles. The number of carbonyl (C=O) groups is 1. The van der Waals surface area contributed by atoms with Crippen molar-refractivity contribution in [3.63, 3.8) is 0 Å². The molecular weight excluding hydrogens is 386 g/mol. The van der Waals surface area contributed by atoms with Crippen molar-refractivity contribution in [1.29, 1.82) is 0 Å². The lowest BCUT2D eigenvalue weighted by Gasteiger charge is -2.32. The highest BCUT2D eigenvalue weighted by Crippen LogP contribution is 2.27. The first-order valence-electron chi connectivity index (χ1n) is 11.0. The van der Waals surface area contributed by atoms with E-state index in [2.05, 4.69) is 60.2 Å². The molecule has 3 aromatic rings. The van der Waals surface area contributed by atoms with Crippen LogP contribution in [0.4, 0.5) is 5.82 Å². The smallest absolute Gasteiger partial charge is 0.229 e. The number of benzene rings is 1. The van der Waals surface area contributed by atoms with E-state index in [0.29, 0.717) is 11.6 Å². The zero-order chi connectivity index (χ0) is 21.8. The molecule has 0 saturated carbocycles. The molecule has 0 spiro atoms. The maximum atomic E-state index is 13.2. The fourth-order valence-electron chi connectivity index (χ4n) is 3.97. The van der Waals surface area contributed by atoms with Crippen LogP contribution in [0.3, 0.4) is 0 Å². The van der Waals surface area contributed by atoms with Crippen molar-refractivity contribution in [2.24, 2.45) is 5.92 Å². The number of amides is 1. The second-order valence-electron chi connectivity index (χ2n) is 9.31. The molecule has 1 aromatic carbocycles. The van der Waals surface area contributed by atoms with Crippen molar-refractivity contribution < 1.29 is 4.79 Å². The highest BCUT2D eigenvalue weighted by molar-refractivity contribution is 5.92. The van der Waals surface area contributed by atoms with E-state index < -0.39 is 0 Å². The standard InChI is InChI=1S/C25H31N5O/c1-25(2,3)21-16-23(30(28-21)22-13-7-8-14-26-22)27-24(31)20-12-9-15-29(18-20)17-19-10-5-4-6-11-19/h4-8,10-11,13-14,16,20H,9,12,15,17-18H2,1-3H3,(H,27,31). The van der Waals surface area contributed by atoms with Crippen molar-refractivity contribution in [3.05, 3.63) is 72.1 Å². The molecule has 1 fully saturated rings. The average molecular weight is 418 g/mol. The third-order valence-electron chi connectivity index (χ3n) is 5.72.